The van der Waals surface area contributed by atoms with Crippen molar-refractivity contribution in [1.82, 2.24) is 21.5 Å². The van der Waals surface area contributed by atoms with Crippen LogP contribution in [0.2, 0.25) is 0 Å². The van der Waals surface area contributed by atoms with Gasteiger partial charge in [-0.05, 0) is 30.6 Å². The van der Waals surface area contributed by atoms with Crippen molar-refractivity contribution in [2.75, 3.05) is 6.54 Å². The Labute approximate surface area is 150 Å². The lowest BCUT2D eigenvalue weighted by atomic mass is 10.0. The minimum atomic E-state index is -1.26. The first-order chi connectivity index (χ1) is 11.5. The van der Waals surface area contributed by atoms with E-state index in [2.05, 4.69) is 21.5 Å². The van der Waals surface area contributed by atoms with Gasteiger partial charge in [-0.15, -0.1) is 0 Å². The van der Waals surface area contributed by atoms with Gasteiger partial charge < -0.3 is 15.7 Å². The van der Waals surface area contributed by atoms with Gasteiger partial charge in [0.05, 0.1) is 0 Å². The number of rotatable bonds is 11. The molecule has 0 spiro atoms. The second-order valence-electron chi connectivity index (χ2n) is 7.59. The van der Waals surface area contributed by atoms with Crippen molar-refractivity contribution in [2.45, 2.75) is 66.5 Å². The number of hydrogen-bond donors (Lipinski definition) is 5. The number of carboxylic acid groups (broad SMARTS) is 1. The number of amides is 3. The number of hydrogen-bond acceptors (Lipinski definition) is 4. The van der Waals surface area contributed by atoms with E-state index in [1.807, 2.05) is 41.5 Å². The first-order valence-electron chi connectivity index (χ1n) is 8.85. The molecule has 5 N–H and O–H groups in total. The predicted molar refractivity (Wildman–Crippen MR) is 96.8 cm³/mol. The van der Waals surface area contributed by atoms with E-state index < -0.39 is 24.1 Å². The molecule has 0 aliphatic heterocycles. The molecule has 0 aromatic carbocycles. The van der Waals surface area contributed by atoms with E-state index in [0.717, 1.165) is 0 Å². The molecule has 0 aliphatic carbocycles. The highest BCUT2D eigenvalue weighted by molar-refractivity contribution is 5.91. The van der Waals surface area contributed by atoms with Crippen LogP contribution in [0.15, 0.2) is 0 Å². The fourth-order valence-corrected chi connectivity index (χ4v) is 2.26. The molecule has 146 valence electrons. The molecular weight excluding hydrogens is 324 g/mol. The highest BCUT2D eigenvalue weighted by Gasteiger charge is 2.27. The van der Waals surface area contributed by atoms with Crippen LogP contribution in [0.3, 0.4) is 0 Å². The second kappa shape index (κ2) is 11.7. The largest absolute Gasteiger partial charge is 0.465 e. The summed E-state index contributed by atoms with van der Waals surface area (Å²) in [6, 6.07) is -1.61. The van der Waals surface area contributed by atoms with Gasteiger partial charge in [0.1, 0.15) is 12.1 Å². The normalized spacial score (nSPS) is 13.6. The monoisotopic (exact) mass is 358 g/mol. The number of hydrazine groups is 1. The van der Waals surface area contributed by atoms with E-state index in [0.29, 0.717) is 25.3 Å². The van der Waals surface area contributed by atoms with Crippen molar-refractivity contribution in [1.29, 1.82) is 0 Å². The summed E-state index contributed by atoms with van der Waals surface area (Å²) in [6.45, 7) is 12.4. The highest BCUT2D eigenvalue weighted by Crippen LogP contribution is 2.08. The fourth-order valence-electron chi connectivity index (χ4n) is 2.26. The van der Waals surface area contributed by atoms with E-state index in [1.165, 1.54) is 0 Å². The Morgan fingerprint density at radius 3 is 1.64 bits per heavy atom. The zero-order valence-corrected chi connectivity index (χ0v) is 16.2. The molecule has 0 aromatic heterocycles. The molecule has 3 amide bonds. The predicted octanol–water partition coefficient (Wildman–Crippen LogP) is 1.48. The van der Waals surface area contributed by atoms with Gasteiger partial charge in [0.25, 0.3) is 5.91 Å². The van der Waals surface area contributed by atoms with Gasteiger partial charge in [-0.1, -0.05) is 41.5 Å². The summed E-state index contributed by atoms with van der Waals surface area (Å²) in [5, 5.41) is 13.8. The van der Waals surface area contributed by atoms with Crippen LogP contribution >= 0.6 is 0 Å². The van der Waals surface area contributed by atoms with E-state index in [9.17, 15) is 14.4 Å². The van der Waals surface area contributed by atoms with E-state index in [-0.39, 0.29) is 17.7 Å². The summed E-state index contributed by atoms with van der Waals surface area (Å²) in [6.07, 6.45) is -0.438. The Hall–Kier alpha value is -1.83. The average Bonchev–Trinajstić information content (AvgIpc) is 2.43. The van der Waals surface area contributed by atoms with Crippen LogP contribution < -0.4 is 21.5 Å². The molecule has 0 saturated carbocycles. The fraction of sp³-hybridized carbons (Fsp3) is 0.824. The van der Waals surface area contributed by atoms with Gasteiger partial charge in [-0.2, -0.15) is 0 Å². The lowest BCUT2D eigenvalue weighted by molar-refractivity contribution is -0.131. The van der Waals surface area contributed by atoms with Crippen molar-refractivity contribution in [3.63, 3.8) is 0 Å². The van der Waals surface area contributed by atoms with E-state index in [1.54, 1.807) is 0 Å². The van der Waals surface area contributed by atoms with Crippen LogP contribution in [0.5, 0.6) is 0 Å². The average molecular weight is 358 g/mol. The number of carbonyl (C=O) groups is 3. The van der Waals surface area contributed by atoms with Gasteiger partial charge in [-0.3, -0.25) is 15.0 Å². The topological polar surface area (TPSA) is 120 Å². The van der Waals surface area contributed by atoms with E-state index >= 15 is 0 Å². The Balaban J connectivity index is 4.91. The maximum atomic E-state index is 12.5. The molecule has 0 bridgehead atoms. The summed E-state index contributed by atoms with van der Waals surface area (Å²) in [4.78, 5) is 35.7. The Morgan fingerprint density at radius 1 is 0.760 bits per heavy atom. The quantitative estimate of drug-likeness (QED) is 0.358. The first kappa shape index (κ1) is 23.2. The standard InChI is InChI=1S/C17H34N4O4/c1-10(2)7-13(20-17(24)25)15(22)19-14(8-11(3)4)16(23)21-18-9-12(5)6/h10-14,18,20H,7-9H2,1-6H3,(H,19,22)(H,21,23)(H,24,25)/t13-,14-/m0/s1. The van der Waals surface area contributed by atoms with Crippen LogP contribution in [-0.2, 0) is 9.59 Å². The van der Waals surface area contributed by atoms with Crippen molar-refractivity contribution >= 4 is 17.9 Å². The molecule has 0 unspecified atom stereocenters. The summed E-state index contributed by atoms with van der Waals surface area (Å²) in [5.74, 6) is -0.125. The smallest absolute Gasteiger partial charge is 0.405 e. The minimum Gasteiger partial charge on any atom is -0.465 e. The second-order valence-corrected chi connectivity index (χ2v) is 7.59. The molecule has 0 aromatic rings. The molecule has 8 heteroatoms. The Morgan fingerprint density at radius 2 is 1.24 bits per heavy atom. The van der Waals surface area contributed by atoms with Gasteiger partial charge in [0, 0.05) is 6.54 Å². The first-order valence-corrected chi connectivity index (χ1v) is 8.85. The zero-order valence-electron chi connectivity index (χ0n) is 16.2. The van der Waals surface area contributed by atoms with Crippen LogP contribution in [0.4, 0.5) is 4.79 Å². The molecule has 0 saturated heterocycles. The van der Waals surface area contributed by atoms with Crippen LogP contribution in [-0.4, -0.2) is 41.6 Å². The summed E-state index contributed by atoms with van der Waals surface area (Å²) >= 11 is 0. The maximum Gasteiger partial charge on any atom is 0.405 e. The molecule has 0 rings (SSSR count). The van der Waals surface area contributed by atoms with Crippen LogP contribution in [0.25, 0.3) is 0 Å². The number of nitrogens with one attached hydrogen (secondary N) is 4. The summed E-state index contributed by atoms with van der Waals surface area (Å²) < 4.78 is 0. The lowest BCUT2D eigenvalue weighted by Crippen LogP contribution is -2.56. The third-order valence-corrected chi connectivity index (χ3v) is 3.38. The Kier molecular flexibility index (Phi) is 10.8. The summed E-state index contributed by atoms with van der Waals surface area (Å²) in [5.41, 5.74) is 5.45. The third kappa shape index (κ3) is 11.4. The molecular formula is C17H34N4O4. The molecule has 8 nitrogen and oxygen atoms in total. The molecule has 0 aliphatic rings. The van der Waals surface area contributed by atoms with Gasteiger partial charge in [0.2, 0.25) is 5.91 Å². The minimum absolute atomic E-state index is 0.132. The SMILES string of the molecule is CC(C)CNNC(=O)[C@H](CC(C)C)NC(=O)[C@H](CC(C)C)NC(=O)O. The summed E-state index contributed by atoms with van der Waals surface area (Å²) in [7, 11) is 0. The molecule has 0 radical (unpaired) electrons. The van der Waals surface area contributed by atoms with E-state index in [4.69, 9.17) is 5.11 Å². The number of carbonyl (C=O) groups excluding carboxylic acids is 2. The molecule has 25 heavy (non-hydrogen) atoms. The molecule has 2 atom stereocenters. The van der Waals surface area contributed by atoms with Crippen LogP contribution in [0.1, 0.15) is 54.4 Å². The van der Waals surface area contributed by atoms with Gasteiger partial charge in [-0.25, -0.2) is 10.2 Å². The van der Waals surface area contributed by atoms with Crippen molar-refractivity contribution in [3.05, 3.63) is 0 Å². The van der Waals surface area contributed by atoms with Crippen LogP contribution in [0, 0.1) is 17.8 Å². The lowest BCUT2D eigenvalue weighted by Gasteiger charge is -2.24. The third-order valence-electron chi connectivity index (χ3n) is 3.38. The zero-order chi connectivity index (χ0) is 19.6. The molecule has 0 heterocycles. The van der Waals surface area contributed by atoms with Crippen molar-refractivity contribution in [3.8, 4) is 0 Å². The van der Waals surface area contributed by atoms with Gasteiger partial charge in [0.15, 0.2) is 0 Å². The van der Waals surface area contributed by atoms with Crippen molar-refractivity contribution < 1.29 is 19.5 Å². The Bertz CT molecular complexity index is 438. The van der Waals surface area contributed by atoms with Crippen molar-refractivity contribution in [2.24, 2.45) is 17.8 Å². The molecule has 0 fully saturated rings. The van der Waals surface area contributed by atoms with Gasteiger partial charge >= 0.3 is 6.09 Å². The highest BCUT2D eigenvalue weighted by atomic mass is 16.4. The maximum absolute atomic E-state index is 12.5.